The van der Waals surface area contributed by atoms with Gasteiger partial charge in [0.05, 0.1) is 5.69 Å². The van der Waals surface area contributed by atoms with E-state index in [1.165, 1.54) is 16.7 Å². The molecule has 0 N–H and O–H groups in total. The molecule has 0 radical (unpaired) electrons. The first kappa shape index (κ1) is 11.0. The van der Waals surface area contributed by atoms with Crippen LogP contribution in [0, 0.1) is 0 Å². The molecule has 0 bridgehead atoms. The van der Waals surface area contributed by atoms with Gasteiger partial charge in [-0.2, -0.15) is 0 Å². The number of aromatic nitrogens is 1. The van der Waals surface area contributed by atoms with E-state index in [1.54, 1.807) is 0 Å². The predicted octanol–water partition coefficient (Wildman–Crippen LogP) is 4.43. The van der Waals surface area contributed by atoms with E-state index >= 15 is 0 Å². The molecule has 0 unspecified atom stereocenters. The highest BCUT2D eigenvalue weighted by Crippen LogP contribution is 2.29. The third-order valence-corrected chi connectivity index (χ3v) is 3.19. The summed E-state index contributed by atoms with van der Waals surface area (Å²) in [6, 6.07) is 14.6. The Morgan fingerprint density at radius 3 is 2.78 bits per heavy atom. The van der Waals surface area contributed by atoms with Crippen molar-refractivity contribution in [1.82, 2.24) is 4.98 Å². The van der Waals surface area contributed by atoms with Gasteiger partial charge in [-0.1, -0.05) is 42.5 Å². The number of benzene rings is 1. The van der Waals surface area contributed by atoms with Gasteiger partial charge in [-0.05, 0) is 47.8 Å². The number of pyridine rings is 1. The maximum Gasteiger partial charge on any atom is 0.0632 e. The monoisotopic (exact) mass is 233 g/mol. The second-order valence-electron chi connectivity index (χ2n) is 4.45. The highest BCUT2D eigenvalue weighted by atomic mass is 14.6. The molecule has 18 heavy (non-hydrogen) atoms. The van der Waals surface area contributed by atoms with E-state index in [0.717, 1.165) is 18.5 Å². The summed E-state index contributed by atoms with van der Waals surface area (Å²) in [5.74, 6) is 0. The Balaban J connectivity index is 2.07. The van der Waals surface area contributed by atoms with Crippen LogP contribution in [0.1, 0.15) is 29.7 Å². The lowest BCUT2D eigenvalue weighted by molar-refractivity contribution is 1.08. The molecule has 0 saturated carbocycles. The van der Waals surface area contributed by atoms with Gasteiger partial charge in [0.25, 0.3) is 0 Å². The third kappa shape index (κ3) is 2.25. The molecule has 88 valence electrons. The number of hydrogen-bond acceptors (Lipinski definition) is 1. The zero-order valence-corrected chi connectivity index (χ0v) is 10.2. The molecule has 1 nitrogen and oxygen atoms in total. The van der Waals surface area contributed by atoms with Crippen molar-refractivity contribution in [2.75, 3.05) is 0 Å². The van der Waals surface area contributed by atoms with Crippen LogP contribution in [0.15, 0.2) is 54.7 Å². The maximum atomic E-state index is 4.38. The van der Waals surface area contributed by atoms with Gasteiger partial charge < -0.3 is 0 Å². The highest BCUT2D eigenvalue weighted by molar-refractivity contribution is 5.85. The lowest BCUT2D eigenvalue weighted by Crippen LogP contribution is -1.88. The molecule has 1 heteroatoms. The Hall–Kier alpha value is -2.15. The Labute approximate surface area is 108 Å². The lowest BCUT2D eigenvalue weighted by Gasteiger charge is -2.08. The summed E-state index contributed by atoms with van der Waals surface area (Å²) in [5, 5.41) is 0. The van der Waals surface area contributed by atoms with Crippen molar-refractivity contribution in [2.45, 2.75) is 12.8 Å². The fourth-order valence-electron chi connectivity index (χ4n) is 2.31. The molecule has 0 fully saturated rings. The summed E-state index contributed by atoms with van der Waals surface area (Å²) in [4.78, 5) is 4.38. The molecule has 1 aliphatic carbocycles. The summed E-state index contributed by atoms with van der Waals surface area (Å²) in [6.07, 6.45) is 10.7. The van der Waals surface area contributed by atoms with Crippen LogP contribution >= 0.6 is 0 Å². The minimum atomic E-state index is 1.03. The molecule has 0 aliphatic heterocycles. The molecule has 2 aromatic rings. The average Bonchev–Trinajstić information content (AvgIpc) is 2.63. The first-order valence-corrected chi connectivity index (χ1v) is 6.31. The number of allylic oxidation sites excluding steroid dienone is 2. The molecule has 0 spiro atoms. The second-order valence-corrected chi connectivity index (χ2v) is 4.45. The molecular weight excluding hydrogens is 218 g/mol. The first-order chi connectivity index (χ1) is 8.93. The molecule has 1 aliphatic rings. The van der Waals surface area contributed by atoms with Crippen molar-refractivity contribution in [2.24, 2.45) is 0 Å². The fraction of sp³-hybridized carbons (Fsp3) is 0.118. The normalized spacial score (nSPS) is 16.3. The van der Waals surface area contributed by atoms with E-state index in [1.807, 2.05) is 24.4 Å². The number of nitrogens with zero attached hydrogens (tertiary/aromatic N) is 1. The Morgan fingerprint density at radius 2 is 1.89 bits per heavy atom. The van der Waals surface area contributed by atoms with Crippen molar-refractivity contribution >= 4 is 17.7 Å². The summed E-state index contributed by atoms with van der Waals surface area (Å²) >= 11 is 0. The van der Waals surface area contributed by atoms with Gasteiger partial charge >= 0.3 is 0 Å². The van der Waals surface area contributed by atoms with Crippen molar-refractivity contribution in [3.63, 3.8) is 0 Å². The van der Waals surface area contributed by atoms with E-state index in [4.69, 9.17) is 0 Å². The van der Waals surface area contributed by atoms with Gasteiger partial charge in [-0.3, -0.25) is 4.98 Å². The summed E-state index contributed by atoms with van der Waals surface area (Å²) in [6.45, 7) is 0. The number of fused-ring (bicyclic) bond motifs is 1. The van der Waals surface area contributed by atoms with Gasteiger partial charge in [0.2, 0.25) is 0 Å². The van der Waals surface area contributed by atoms with Crippen LogP contribution in [0.2, 0.25) is 0 Å². The fourth-order valence-corrected chi connectivity index (χ4v) is 2.31. The minimum Gasteiger partial charge on any atom is -0.257 e. The van der Waals surface area contributed by atoms with Gasteiger partial charge in [0.1, 0.15) is 0 Å². The maximum absolute atomic E-state index is 4.38. The third-order valence-electron chi connectivity index (χ3n) is 3.19. The van der Waals surface area contributed by atoms with Gasteiger partial charge in [0.15, 0.2) is 0 Å². The van der Waals surface area contributed by atoms with Crippen LogP contribution in [0.4, 0.5) is 0 Å². The zero-order chi connectivity index (χ0) is 12.2. The van der Waals surface area contributed by atoms with Crippen LogP contribution in [0.5, 0.6) is 0 Å². The highest BCUT2D eigenvalue weighted by Gasteiger charge is 2.08. The van der Waals surface area contributed by atoms with Crippen LogP contribution in [-0.2, 0) is 0 Å². The molecule has 3 rings (SSSR count). The molecule has 0 saturated heterocycles. The van der Waals surface area contributed by atoms with Crippen molar-refractivity contribution in [1.29, 1.82) is 0 Å². The molecule has 0 amide bonds. The second kappa shape index (κ2) is 5.01. The molecule has 0 atom stereocenters. The van der Waals surface area contributed by atoms with Crippen LogP contribution in [0.3, 0.4) is 0 Å². The Bertz CT molecular complexity index is 594. The first-order valence-electron chi connectivity index (χ1n) is 6.31. The minimum absolute atomic E-state index is 1.03. The summed E-state index contributed by atoms with van der Waals surface area (Å²) < 4.78 is 0. The van der Waals surface area contributed by atoms with E-state index in [2.05, 4.69) is 47.5 Å². The number of rotatable bonds is 1. The van der Waals surface area contributed by atoms with E-state index in [9.17, 15) is 0 Å². The van der Waals surface area contributed by atoms with Gasteiger partial charge in [-0.15, -0.1) is 0 Å². The topological polar surface area (TPSA) is 12.9 Å². The van der Waals surface area contributed by atoms with E-state index < -0.39 is 0 Å². The zero-order valence-electron chi connectivity index (χ0n) is 10.2. The van der Waals surface area contributed by atoms with Crippen molar-refractivity contribution < 1.29 is 0 Å². The lowest BCUT2D eigenvalue weighted by atomic mass is 9.97. The van der Waals surface area contributed by atoms with Crippen molar-refractivity contribution in [3.8, 4) is 0 Å². The van der Waals surface area contributed by atoms with Crippen LogP contribution in [-0.4, -0.2) is 4.98 Å². The molecule has 1 aromatic heterocycles. The van der Waals surface area contributed by atoms with Crippen LogP contribution in [0.25, 0.3) is 17.7 Å². The van der Waals surface area contributed by atoms with E-state index in [0.29, 0.717) is 0 Å². The Morgan fingerprint density at radius 1 is 1.00 bits per heavy atom. The standard InChI is InChI=1S/C17H15N/c1-2-9-15(13-16-10-5-6-12-18-16)17-11-4-3-8-14(17)7-1/h1,3-8,10-13H,2,9H2/b15-13-. The summed E-state index contributed by atoms with van der Waals surface area (Å²) in [7, 11) is 0. The average molecular weight is 233 g/mol. The molecular formula is C17H15N. The molecule has 1 aromatic carbocycles. The van der Waals surface area contributed by atoms with Crippen molar-refractivity contribution in [3.05, 3.63) is 71.6 Å². The quantitative estimate of drug-likeness (QED) is 0.710. The number of hydrogen-bond donors (Lipinski definition) is 0. The molecule has 1 heterocycles. The Kier molecular flexibility index (Phi) is 3.05. The predicted molar refractivity (Wildman–Crippen MR) is 76.8 cm³/mol. The summed E-state index contributed by atoms with van der Waals surface area (Å²) in [5.41, 5.74) is 5.03. The largest absolute Gasteiger partial charge is 0.257 e. The SMILES string of the molecule is C1=Cc2ccccc2/C(=C\c2ccccn2)CC1. The van der Waals surface area contributed by atoms with Gasteiger partial charge in [-0.25, -0.2) is 0 Å². The van der Waals surface area contributed by atoms with Crippen LogP contribution < -0.4 is 0 Å². The van der Waals surface area contributed by atoms with Gasteiger partial charge in [0, 0.05) is 6.20 Å². The van der Waals surface area contributed by atoms with E-state index in [-0.39, 0.29) is 0 Å². The smallest absolute Gasteiger partial charge is 0.0632 e.